The topological polar surface area (TPSA) is 58.2 Å². The smallest absolute Gasteiger partial charge is 0.168 e. The fraction of sp³-hybridized carbons (Fsp3) is 0.231. The van der Waals surface area contributed by atoms with Gasteiger partial charge in [-0.15, -0.1) is 0 Å². The van der Waals surface area contributed by atoms with Crippen LogP contribution in [0.5, 0.6) is 0 Å². The van der Waals surface area contributed by atoms with Crippen LogP contribution in [0.15, 0.2) is 72.8 Å². The van der Waals surface area contributed by atoms with Gasteiger partial charge >= 0.3 is 0 Å². The van der Waals surface area contributed by atoms with Gasteiger partial charge in [0.05, 0.1) is 0 Å². The third-order valence-electron chi connectivity index (χ3n) is 6.20. The van der Waals surface area contributed by atoms with Gasteiger partial charge in [0.15, 0.2) is 11.6 Å². The van der Waals surface area contributed by atoms with Gasteiger partial charge in [0, 0.05) is 47.4 Å². The van der Waals surface area contributed by atoms with E-state index in [1.807, 2.05) is 60.7 Å². The molecule has 0 amide bonds. The Bertz CT molecular complexity index is 1010. The summed E-state index contributed by atoms with van der Waals surface area (Å²) < 4.78 is 0. The molecule has 4 nitrogen and oxygen atoms in total. The summed E-state index contributed by atoms with van der Waals surface area (Å²) in [5.74, 6) is 0.218. The number of carbonyl (C=O) groups is 2. The molecule has 0 fully saturated rings. The Hall–Kier alpha value is -3.40. The van der Waals surface area contributed by atoms with Gasteiger partial charge in [-0.25, -0.2) is 0 Å². The highest BCUT2D eigenvalue weighted by molar-refractivity contribution is 5.99. The number of carbonyl (C=O) groups excluding carboxylic acids is 2. The van der Waals surface area contributed by atoms with Crippen LogP contribution in [-0.2, 0) is 12.8 Å². The quantitative estimate of drug-likeness (QED) is 0.632. The molecular weight excluding hydrogens is 372 g/mol. The Morgan fingerprint density at radius 2 is 1.07 bits per heavy atom. The lowest BCUT2D eigenvalue weighted by molar-refractivity contribution is 0.0918. The average molecular weight is 396 g/mol. The van der Waals surface area contributed by atoms with Crippen LogP contribution in [0.2, 0.25) is 0 Å². The van der Waals surface area contributed by atoms with Gasteiger partial charge in [0.2, 0.25) is 0 Å². The van der Waals surface area contributed by atoms with E-state index < -0.39 is 0 Å². The molecule has 0 unspecified atom stereocenters. The largest absolute Gasteiger partial charge is 0.384 e. The van der Waals surface area contributed by atoms with Crippen LogP contribution in [0.3, 0.4) is 0 Å². The highest BCUT2D eigenvalue weighted by atomic mass is 16.1. The van der Waals surface area contributed by atoms with Gasteiger partial charge < -0.3 is 10.6 Å². The van der Waals surface area contributed by atoms with Crippen LogP contribution in [0.25, 0.3) is 0 Å². The summed E-state index contributed by atoms with van der Waals surface area (Å²) >= 11 is 0. The fourth-order valence-corrected chi connectivity index (χ4v) is 4.55. The Balaban J connectivity index is 1.36. The summed E-state index contributed by atoms with van der Waals surface area (Å²) in [6.07, 6.45) is 1.45. The molecule has 0 saturated heterocycles. The first-order chi connectivity index (χ1) is 14.7. The highest BCUT2D eigenvalue weighted by Gasteiger charge is 2.29. The van der Waals surface area contributed by atoms with E-state index in [1.165, 1.54) is 0 Å². The average Bonchev–Trinajstić information content (AvgIpc) is 2.82. The second-order valence-corrected chi connectivity index (χ2v) is 8.19. The predicted octanol–water partition coefficient (Wildman–Crippen LogP) is 4.62. The van der Waals surface area contributed by atoms with Gasteiger partial charge in [-0.1, -0.05) is 66.7 Å². The molecule has 2 atom stereocenters. The predicted molar refractivity (Wildman–Crippen MR) is 119 cm³/mol. The van der Waals surface area contributed by atoms with Crippen LogP contribution in [-0.4, -0.2) is 24.7 Å². The maximum absolute atomic E-state index is 12.9. The van der Waals surface area contributed by atoms with Crippen molar-refractivity contribution < 1.29 is 9.59 Å². The molecule has 0 aliphatic carbocycles. The van der Waals surface area contributed by atoms with E-state index in [-0.39, 0.29) is 23.4 Å². The van der Waals surface area contributed by atoms with E-state index in [4.69, 9.17) is 0 Å². The van der Waals surface area contributed by atoms with Crippen LogP contribution >= 0.6 is 0 Å². The number of hydrogen-bond donors (Lipinski definition) is 2. The number of ketones is 2. The van der Waals surface area contributed by atoms with Crippen molar-refractivity contribution in [1.82, 2.24) is 0 Å². The molecule has 2 heterocycles. The second-order valence-electron chi connectivity index (χ2n) is 8.19. The van der Waals surface area contributed by atoms with E-state index in [1.54, 1.807) is 0 Å². The number of nitrogens with one attached hydrogen (secondary N) is 2. The minimum Gasteiger partial charge on any atom is -0.384 e. The third kappa shape index (κ3) is 3.50. The minimum absolute atomic E-state index is 0.0729. The molecule has 0 radical (unpaired) electrons. The minimum atomic E-state index is -0.0729. The van der Waals surface area contributed by atoms with Gasteiger partial charge in [-0.2, -0.15) is 0 Å². The molecule has 3 aromatic rings. The van der Waals surface area contributed by atoms with Crippen molar-refractivity contribution in [3.8, 4) is 0 Å². The molecule has 30 heavy (non-hydrogen) atoms. The monoisotopic (exact) mass is 396 g/mol. The molecule has 2 N–H and O–H groups in total. The summed E-state index contributed by atoms with van der Waals surface area (Å²) in [5, 5.41) is 6.89. The van der Waals surface area contributed by atoms with E-state index in [9.17, 15) is 9.59 Å². The number of fused-ring (bicyclic) bond motifs is 2. The van der Waals surface area contributed by atoms with E-state index in [0.29, 0.717) is 13.1 Å². The molecule has 0 spiro atoms. The molecule has 0 aromatic heterocycles. The standard InChI is InChI=1S/C26H24N2O2/c29-25(17-7-3-1-4-8-17)21-12-19-11-20-13-22(26(30)18-9-5-2-6-10-18)16-28-24(20)14-23(19)27-15-21/h1-11,14,21-22,27-28H,12-13,15-16H2/t21-,22+. The lowest BCUT2D eigenvalue weighted by Gasteiger charge is -2.30. The molecule has 0 bridgehead atoms. The number of benzene rings is 3. The van der Waals surface area contributed by atoms with Crippen molar-refractivity contribution in [1.29, 1.82) is 0 Å². The van der Waals surface area contributed by atoms with Gasteiger partial charge in [0.1, 0.15) is 0 Å². The third-order valence-corrected chi connectivity index (χ3v) is 6.20. The van der Waals surface area contributed by atoms with Crippen molar-refractivity contribution in [2.24, 2.45) is 11.8 Å². The Kier molecular flexibility index (Phi) is 4.83. The van der Waals surface area contributed by atoms with E-state index in [0.717, 1.165) is 46.5 Å². The van der Waals surface area contributed by atoms with Gasteiger partial charge in [-0.3, -0.25) is 9.59 Å². The lowest BCUT2D eigenvalue weighted by Crippen LogP contribution is -2.32. The zero-order valence-corrected chi connectivity index (χ0v) is 16.7. The molecule has 5 rings (SSSR count). The second kappa shape index (κ2) is 7.79. The van der Waals surface area contributed by atoms with Crippen molar-refractivity contribution in [3.05, 3.63) is 95.1 Å². The first-order valence-electron chi connectivity index (χ1n) is 10.5. The Labute approximate surface area is 176 Å². The summed E-state index contributed by atoms with van der Waals surface area (Å²) in [6.45, 7) is 1.29. The van der Waals surface area contributed by atoms with Gasteiger partial charge in [-0.05, 0) is 30.0 Å². The lowest BCUT2D eigenvalue weighted by atomic mass is 9.83. The van der Waals surface area contributed by atoms with Crippen molar-refractivity contribution in [3.63, 3.8) is 0 Å². The first-order valence-corrected chi connectivity index (χ1v) is 10.5. The van der Waals surface area contributed by atoms with E-state index >= 15 is 0 Å². The molecule has 2 aliphatic heterocycles. The molecule has 2 aliphatic rings. The van der Waals surface area contributed by atoms with Crippen LogP contribution in [0, 0.1) is 11.8 Å². The molecule has 0 saturated carbocycles. The Morgan fingerprint density at radius 1 is 0.633 bits per heavy atom. The number of hydrogen-bond acceptors (Lipinski definition) is 4. The van der Waals surface area contributed by atoms with Crippen molar-refractivity contribution in [2.45, 2.75) is 12.8 Å². The summed E-state index contributed by atoms with van der Waals surface area (Å²) in [7, 11) is 0. The Morgan fingerprint density at radius 3 is 1.50 bits per heavy atom. The van der Waals surface area contributed by atoms with Crippen LogP contribution < -0.4 is 10.6 Å². The highest BCUT2D eigenvalue weighted by Crippen LogP contribution is 2.35. The normalized spacial score (nSPS) is 19.6. The van der Waals surface area contributed by atoms with Crippen molar-refractivity contribution >= 4 is 22.9 Å². The summed E-state index contributed by atoms with van der Waals surface area (Å²) in [4.78, 5) is 25.8. The zero-order valence-electron chi connectivity index (χ0n) is 16.7. The zero-order chi connectivity index (χ0) is 20.5. The van der Waals surface area contributed by atoms with Crippen molar-refractivity contribution in [2.75, 3.05) is 23.7 Å². The van der Waals surface area contributed by atoms with Gasteiger partial charge in [0.25, 0.3) is 0 Å². The molecule has 150 valence electrons. The fourth-order valence-electron chi connectivity index (χ4n) is 4.55. The summed E-state index contributed by atoms with van der Waals surface area (Å²) in [5.41, 5.74) is 6.02. The maximum atomic E-state index is 12.9. The number of Topliss-reactive ketones (excluding diaryl/α,β-unsaturated/α-hetero) is 2. The number of rotatable bonds is 4. The molecule has 3 aromatic carbocycles. The summed E-state index contributed by atoms with van der Waals surface area (Å²) in [6, 6.07) is 23.3. The van der Waals surface area contributed by atoms with E-state index in [2.05, 4.69) is 22.8 Å². The number of anilines is 2. The molecule has 4 heteroatoms. The molecular formula is C26H24N2O2. The van der Waals surface area contributed by atoms with Crippen LogP contribution in [0.4, 0.5) is 11.4 Å². The SMILES string of the molecule is O=C(c1ccccc1)[C@@H]1CNc2cc3c(cc2C1)C[C@@H](C(=O)c1ccccc1)CN3. The maximum Gasteiger partial charge on any atom is 0.168 e. The van der Waals surface area contributed by atoms with Crippen LogP contribution in [0.1, 0.15) is 31.8 Å². The first kappa shape index (κ1) is 18.6.